The van der Waals surface area contributed by atoms with Gasteiger partial charge in [-0.1, -0.05) is 13.8 Å². The second kappa shape index (κ2) is 6.38. The Morgan fingerprint density at radius 1 is 1.43 bits per heavy atom. The average molecular weight is 292 g/mol. The molecule has 0 spiro atoms. The molecular weight excluding hydrogens is 272 g/mol. The Labute approximate surface area is 122 Å². The van der Waals surface area contributed by atoms with Crippen molar-refractivity contribution in [1.29, 1.82) is 0 Å². The Balaban J connectivity index is 2.35. The van der Waals surface area contributed by atoms with Crippen molar-refractivity contribution in [3.63, 3.8) is 0 Å². The maximum Gasteiger partial charge on any atom is 0.328 e. The van der Waals surface area contributed by atoms with Crippen molar-refractivity contribution < 1.29 is 9.53 Å². The number of aromatic amines is 1. The third kappa shape index (κ3) is 3.39. The number of carbonyl (C=O) groups excluding carboxylic acids is 1. The maximum atomic E-state index is 11.9. The molecule has 0 aliphatic rings. The van der Waals surface area contributed by atoms with Gasteiger partial charge in [-0.3, -0.25) is 5.10 Å². The summed E-state index contributed by atoms with van der Waals surface area (Å²) >= 11 is 0. The minimum Gasteiger partial charge on any atom is -0.467 e. The first-order chi connectivity index (χ1) is 10.0. The monoisotopic (exact) mass is 292 g/mol. The van der Waals surface area contributed by atoms with Crippen LogP contribution in [-0.2, 0) is 9.53 Å². The van der Waals surface area contributed by atoms with Crippen molar-refractivity contribution in [2.45, 2.75) is 26.3 Å². The highest BCUT2D eigenvalue weighted by Gasteiger charge is 2.22. The lowest BCUT2D eigenvalue weighted by Crippen LogP contribution is -2.32. The number of rotatable bonds is 6. The fraction of sp³-hybridized carbons (Fsp3) is 0.538. The Morgan fingerprint density at radius 2 is 2.19 bits per heavy atom. The van der Waals surface area contributed by atoms with Gasteiger partial charge in [0.1, 0.15) is 11.9 Å². The summed E-state index contributed by atoms with van der Waals surface area (Å²) in [5.41, 5.74) is 0.602. The van der Waals surface area contributed by atoms with Crippen LogP contribution in [0.15, 0.2) is 6.20 Å². The van der Waals surface area contributed by atoms with Gasteiger partial charge in [0.15, 0.2) is 5.65 Å². The van der Waals surface area contributed by atoms with Crippen molar-refractivity contribution in [2.24, 2.45) is 5.92 Å². The molecule has 114 valence electrons. The van der Waals surface area contributed by atoms with Gasteiger partial charge in [0.25, 0.3) is 0 Å². The fourth-order valence-electron chi connectivity index (χ4n) is 2.05. The standard InChI is InChI=1S/C13H20N6O2/c1-7(2)5-9(12(20)21-4)16-10-8-6-15-19-11(8)18-13(14-3)17-10/h6-7,9H,5H2,1-4H3,(H3,14,15,16,17,18,19). The molecular formula is C13H20N6O2. The van der Waals surface area contributed by atoms with Crippen molar-refractivity contribution >= 4 is 28.8 Å². The van der Waals surface area contributed by atoms with E-state index in [2.05, 4.69) is 30.8 Å². The Morgan fingerprint density at radius 3 is 2.81 bits per heavy atom. The molecule has 3 N–H and O–H groups in total. The van der Waals surface area contributed by atoms with Gasteiger partial charge in [-0.25, -0.2) is 4.79 Å². The Hall–Kier alpha value is -2.38. The zero-order valence-corrected chi connectivity index (χ0v) is 12.6. The minimum atomic E-state index is -0.465. The molecule has 8 nitrogen and oxygen atoms in total. The first-order valence-electron chi connectivity index (χ1n) is 6.78. The molecule has 1 unspecified atom stereocenters. The second-order valence-corrected chi connectivity index (χ2v) is 5.13. The van der Waals surface area contributed by atoms with Crippen LogP contribution in [0, 0.1) is 5.92 Å². The molecule has 8 heteroatoms. The molecule has 0 saturated carbocycles. The van der Waals surface area contributed by atoms with Gasteiger partial charge in [-0.2, -0.15) is 15.1 Å². The van der Waals surface area contributed by atoms with E-state index in [1.807, 2.05) is 13.8 Å². The van der Waals surface area contributed by atoms with Crippen LogP contribution >= 0.6 is 0 Å². The highest BCUT2D eigenvalue weighted by molar-refractivity contribution is 5.89. The summed E-state index contributed by atoms with van der Waals surface area (Å²) in [7, 11) is 3.11. The number of esters is 1. The van der Waals surface area contributed by atoms with Crippen LogP contribution in [0.4, 0.5) is 11.8 Å². The lowest BCUT2D eigenvalue weighted by Gasteiger charge is -2.19. The van der Waals surface area contributed by atoms with Crippen LogP contribution in [0.2, 0.25) is 0 Å². The van der Waals surface area contributed by atoms with Crippen LogP contribution in [0.1, 0.15) is 20.3 Å². The van der Waals surface area contributed by atoms with Crippen LogP contribution in [0.5, 0.6) is 0 Å². The number of methoxy groups -OCH3 is 1. The normalized spacial score (nSPS) is 12.4. The molecule has 0 saturated heterocycles. The highest BCUT2D eigenvalue weighted by Crippen LogP contribution is 2.22. The largest absolute Gasteiger partial charge is 0.467 e. The highest BCUT2D eigenvalue weighted by atomic mass is 16.5. The number of hydrogen-bond donors (Lipinski definition) is 3. The SMILES string of the molecule is CNc1nc(NC(CC(C)C)C(=O)OC)c2cn[nH]c2n1. The van der Waals surface area contributed by atoms with Gasteiger partial charge in [0.2, 0.25) is 5.95 Å². The predicted octanol–water partition coefficient (Wildman–Crippen LogP) is 1.39. The van der Waals surface area contributed by atoms with E-state index in [9.17, 15) is 4.79 Å². The molecule has 0 radical (unpaired) electrons. The van der Waals surface area contributed by atoms with Crippen LogP contribution < -0.4 is 10.6 Å². The number of nitrogens with zero attached hydrogens (tertiary/aromatic N) is 3. The third-order valence-corrected chi connectivity index (χ3v) is 3.04. The van der Waals surface area contributed by atoms with Gasteiger partial charge < -0.3 is 15.4 Å². The summed E-state index contributed by atoms with van der Waals surface area (Å²) in [5.74, 6) is 1.02. The number of carbonyl (C=O) groups is 1. The molecule has 2 aromatic rings. The van der Waals surface area contributed by atoms with Crippen LogP contribution in [-0.4, -0.2) is 46.3 Å². The van der Waals surface area contributed by atoms with Crippen LogP contribution in [0.3, 0.4) is 0 Å². The number of aromatic nitrogens is 4. The van der Waals surface area contributed by atoms with E-state index in [4.69, 9.17) is 4.74 Å². The number of nitrogens with one attached hydrogen (secondary N) is 3. The minimum absolute atomic E-state index is 0.315. The first-order valence-corrected chi connectivity index (χ1v) is 6.78. The number of ether oxygens (including phenoxy) is 1. The molecule has 2 aromatic heterocycles. The number of anilines is 2. The van der Waals surface area contributed by atoms with Crippen LogP contribution in [0.25, 0.3) is 11.0 Å². The van der Waals surface area contributed by atoms with Crippen molar-refractivity contribution in [1.82, 2.24) is 20.2 Å². The molecule has 0 aromatic carbocycles. The number of fused-ring (bicyclic) bond motifs is 1. The molecule has 2 heterocycles. The van der Waals surface area contributed by atoms with E-state index >= 15 is 0 Å². The summed E-state index contributed by atoms with van der Waals surface area (Å²) in [6, 6.07) is -0.465. The Kier molecular flexibility index (Phi) is 4.56. The molecule has 0 fully saturated rings. The molecule has 1 atom stereocenters. The molecule has 0 amide bonds. The molecule has 21 heavy (non-hydrogen) atoms. The van der Waals surface area contributed by atoms with Gasteiger partial charge in [-0.05, 0) is 12.3 Å². The smallest absolute Gasteiger partial charge is 0.328 e. The van der Waals surface area contributed by atoms with Gasteiger partial charge in [0, 0.05) is 7.05 Å². The summed E-state index contributed by atoms with van der Waals surface area (Å²) in [6.07, 6.45) is 2.27. The van der Waals surface area contributed by atoms with E-state index in [0.717, 1.165) is 5.39 Å². The lowest BCUT2D eigenvalue weighted by atomic mass is 10.0. The topological polar surface area (TPSA) is 105 Å². The molecule has 0 bridgehead atoms. The third-order valence-electron chi connectivity index (χ3n) is 3.04. The average Bonchev–Trinajstić information content (AvgIpc) is 2.93. The zero-order valence-electron chi connectivity index (χ0n) is 12.6. The van der Waals surface area contributed by atoms with Gasteiger partial charge in [-0.15, -0.1) is 0 Å². The van der Waals surface area contributed by atoms with E-state index < -0.39 is 6.04 Å². The summed E-state index contributed by atoms with van der Waals surface area (Å²) in [6.45, 7) is 4.09. The zero-order chi connectivity index (χ0) is 15.4. The van der Waals surface area contributed by atoms with E-state index in [-0.39, 0.29) is 5.97 Å². The van der Waals surface area contributed by atoms with E-state index in [0.29, 0.717) is 29.8 Å². The summed E-state index contributed by atoms with van der Waals surface area (Å²) < 4.78 is 4.85. The van der Waals surface area contributed by atoms with Crippen molar-refractivity contribution in [3.8, 4) is 0 Å². The summed E-state index contributed by atoms with van der Waals surface area (Å²) in [4.78, 5) is 20.5. The van der Waals surface area contributed by atoms with Crippen molar-refractivity contribution in [2.75, 3.05) is 24.8 Å². The molecule has 0 aliphatic heterocycles. The van der Waals surface area contributed by atoms with E-state index in [1.165, 1.54) is 7.11 Å². The number of hydrogen-bond acceptors (Lipinski definition) is 7. The van der Waals surface area contributed by atoms with Gasteiger partial charge in [0.05, 0.1) is 18.7 Å². The van der Waals surface area contributed by atoms with E-state index in [1.54, 1.807) is 13.2 Å². The molecule has 0 aliphatic carbocycles. The number of H-pyrrole nitrogens is 1. The van der Waals surface area contributed by atoms with Gasteiger partial charge >= 0.3 is 5.97 Å². The quantitative estimate of drug-likeness (QED) is 0.691. The lowest BCUT2D eigenvalue weighted by molar-refractivity contribution is -0.141. The first kappa shape index (κ1) is 15.0. The molecule has 2 rings (SSSR count). The summed E-state index contributed by atoms with van der Waals surface area (Å²) in [5, 5.41) is 13.5. The fourth-order valence-corrected chi connectivity index (χ4v) is 2.05. The maximum absolute atomic E-state index is 11.9. The Bertz CT molecular complexity index is 624. The predicted molar refractivity (Wildman–Crippen MR) is 80.1 cm³/mol. The second-order valence-electron chi connectivity index (χ2n) is 5.13. The van der Waals surface area contributed by atoms with Crippen molar-refractivity contribution in [3.05, 3.63) is 6.20 Å².